The zero-order valence-corrected chi connectivity index (χ0v) is 17.5. The molecule has 2 aromatic carbocycles. The van der Waals surface area contributed by atoms with Crippen molar-refractivity contribution in [3.05, 3.63) is 47.0 Å². The largest absolute Gasteiger partial charge is 0.492 e. The third-order valence-corrected chi connectivity index (χ3v) is 5.72. The van der Waals surface area contributed by atoms with Gasteiger partial charge in [-0.2, -0.15) is 0 Å². The first-order valence-electron chi connectivity index (χ1n) is 10.1. The maximum Gasteiger partial charge on any atom is 0.231 e. The number of benzene rings is 2. The summed E-state index contributed by atoms with van der Waals surface area (Å²) in [5.74, 6) is 2.25. The number of methoxy groups -OCH3 is 1. The fourth-order valence-electron chi connectivity index (χ4n) is 4.02. The Labute approximate surface area is 171 Å². The van der Waals surface area contributed by atoms with E-state index >= 15 is 0 Å². The second kappa shape index (κ2) is 7.95. The molecule has 0 aliphatic carbocycles. The van der Waals surface area contributed by atoms with Crippen molar-refractivity contribution in [1.29, 1.82) is 0 Å². The highest BCUT2D eigenvalue weighted by molar-refractivity contribution is 5.92. The van der Waals surface area contributed by atoms with Gasteiger partial charge in [-0.25, -0.2) is 0 Å². The van der Waals surface area contributed by atoms with Gasteiger partial charge in [-0.3, -0.25) is 9.69 Å². The smallest absolute Gasteiger partial charge is 0.231 e. The molecule has 0 aromatic heterocycles. The zero-order valence-electron chi connectivity index (χ0n) is 17.5. The molecule has 2 heterocycles. The quantitative estimate of drug-likeness (QED) is 0.833. The minimum Gasteiger partial charge on any atom is -0.492 e. The van der Waals surface area contributed by atoms with E-state index in [-0.39, 0.29) is 24.7 Å². The highest BCUT2D eigenvalue weighted by Crippen LogP contribution is 2.49. The summed E-state index contributed by atoms with van der Waals surface area (Å²) in [7, 11) is 3.84. The third-order valence-electron chi connectivity index (χ3n) is 5.72. The lowest BCUT2D eigenvalue weighted by molar-refractivity contribution is -0.118. The number of carbonyl (C=O) groups is 1. The minimum absolute atomic E-state index is 0.0273. The number of rotatable bonds is 5. The van der Waals surface area contributed by atoms with Crippen LogP contribution >= 0.6 is 0 Å². The van der Waals surface area contributed by atoms with Crippen LogP contribution in [0.5, 0.6) is 17.2 Å². The molecule has 1 unspecified atom stereocenters. The van der Waals surface area contributed by atoms with Gasteiger partial charge in [-0.05, 0) is 49.2 Å². The van der Waals surface area contributed by atoms with Gasteiger partial charge >= 0.3 is 0 Å². The molecular weight excluding hydrogens is 368 g/mol. The predicted octanol–water partition coefficient (Wildman–Crippen LogP) is 3.79. The third kappa shape index (κ3) is 3.77. The number of anilines is 1. The van der Waals surface area contributed by atoms with E-state index < -0.39 is 0 Å². The molecule has 2 aromatic rings. The maximum atomic E-state index is 11.9. The van der Waals surface area contributed by atoms with Crippen molar-refractivity contribution in [3.8, 4) is 17.2 Å². The van der Waals surface area contributed by atoms with E-state index in [1.54, 1.807) is 7.11 Å². The molecule has 0 radical (unpaired) electrons. The topological polar surface area (TPSA) is 60.0 Å². The van der Waals surface area contributed by atoms with Crippen LogP contribution in [0.4, 0.5) is 5.69 Å². The normalized spacial score (nSPS) is 17.9. The summed E-state index contributed by atoms with van der Waals surface area (Å²) in [4.78, 5) is 14.3. The Morgan fingerprint density at radius 2 is 2.03 bits per heavy atom. The van der Waals surface area contributed by atoms with Gasteiger partial charge in [0, 0.05) is 29.8 Å². The predicted molar refractivity (Wildman–Crippen MR) is 112 cm³/mol. The summed E-state index contributed by atoms with van der Waals surface area (Å²) in [5, 5.41) is 2.94. The Morgan fingerprint density at radius 1 is 1.28 bits per heavy atom. The molecule has 154 valence electrons. The lowest BCUT2D eigenvalue weighted by atomic mass is 9.87. The highest BCUT2D eigenvalue weighted by atomic mass is 16.7. The van der Waals surface area contributed by atoms with Crippen molar-refractivity contribution in [2.24, 2.45) is 5.92 Å². The first-order valence-corrected chi connectivity index (χ1v) is 10.1. The number of hydrogen-bond acceptors (Lipinski definition) is 5. The average molecular weight is 396 g/mol. The summed E-state index contributed by atoms with van der Waals surface area (Å²) >= 11 is 0. The molecule has 6 heteroatoms. The first-order chi connectivity index (χ1) is 14.0. The van der Waals surface area contributed by atoms with Gasteiger partial charge in [-0.15, -0.1) is 0 Å². The summed E-state index contributed by atoms with van der Waals surface area (Å²) in [6, 6.07) is 10.4. The Bertz CT molecular complexity index is 908. The Hall–Kier alpha value is -2.73. The van der Waals surface area contributed by atoms with E-state index in [1.807, 2.05) is 26.0 Å². The van der Waals surface area contributed by atoms with E-state index in [0.717, 1.165) is 36.6 Å². The van der Waals surface area contributed by atoms with Crippen molar-refractivity contribution in [1.82, 2.24) is 4.90 Å². The number of fused-ring (bicyclic) bond motifs is 2. The standard InChI is InChI=1S/C23H28N2O4/c1-14(2)23(26)24-17-7-5-15(6-8-17)11-18-20-16(9-10-25(18)3)12-19-21(22(20)27-4)29-13-28-19/h5-8,12,14,18H,9-11,13H2,1-4H3,(H,24,26). The number of likely N-dealkylation sites (N-methyl/N-ethyl adjacent to an activating group) is 1. The molecule has 4 rings (SSSR count). The Balaban J connectivity index is 1.61. The molecular formula is C23H28N2O4. The number of nitrogens with one attached hydrogen (secondary N) is 1. The molecule has 2 aliphatic rings. The van der Waals surface area contributed by atoms with E-state index in [9.17, 15) is 4.79 Å². The molecule has 0 fully saturated rings. The van der Waals surface area contributed by atoms with Crippen LogP contribution in [0.25, 0.3) is 0 Å². The molecule has 1 N–H and O–H groups in total. The lowest BCUT2D eigenvalue weighted by Crippen LogP contribution is -2.33. The molecule has 0 saturated heterocycles. The van der Waals surface area contributed by atoms with Crippen LogP contribution in [-0.2, 0) is 17.6 Å². The summed E-state index contributed by atoms with van der Waals surface area (Å²) in [5.41, 5.74) is 4.47. The van der Waals surface area contributed by atoms with Crippen molar-refractivity contribution >= 4 is 11.6 Å². The van der Waals surface area contributed by atoms with Crippen LogP contribution in [0.1, 0.15) is 36.6 Å². The van der Waals surface area contributed by atoms with E-state index in [0.29, 0.717) is 5.75 Å². The van der Waals surface area contributed by atoms with Gasteiger partial charge in [0.25, 0.3) is 0 Å². The Morgan fingerprint density at radius 3 is 2.72 bits per heavy atom. The minimum atomic E-state index is -0.0394. The number of carbonyl (C=O) groups excluding carboxylic acids is 1. The first kappa shape index (κ1) is 19.6. The Kier molecular flexibility index (Phi) is 5.37. The molecule has 6 nitrogen and oxygen atoms in total. The second-order valence-electron chi connectivity index (χ2n) is 8.01. The van der Waals surface area contributed by atoms with Gasteiger partial charge in [-0.1, -0.05) is 26.0 Å². The second-order valence-corrected chi connectivity index (χ2v) is 8.01. The van der Waals surface area contributed by atoms with Gasteiger partial charge in [0.2, 0.25) is 18.4 Å². The lowest BCUT2D eigenvalue weighted by Gasteiger charge is -2.36. The summed E-state index contributed by atoms with van der Waals surface area (Å²) in [6.45, 7) is 4.99. The molecule has 1 amide bonds. The van der Waals surface area contributed by atoms with Crippen LogP contribution in [0.2, 0.25) is 0 Å². The monoisotopic (exact) mass is 396 g/mol. The van der Waals surface area contributed by atoms with Crippen molar-refractivity contribution in [2.45, 2.75) is 32.7 Å². The molecule has 1 atom stereocenters. The van der Waals surface area contributed by atoms with Crippen LogP contribution < -0.4 is 19.5 Å². The van der Waals surface area contributed by atoms with Crippen molar-refractivity contribution in [3.63, 3.8) is 0 Å². The maximum absolute atomic E-state index is 11.9. The molecule has 0 bridgehead atoms. The van der Waals surface area contributed by atoms with E-state index in [4.69, 9.17) is 14.2 Å². The number of amides is 1. The SMILES string of the molecule is COc1c2c(cc3c1C(Cc1ccc(NC(=O)C(C)C)cc1)N(C)CC3)OCO2. The van der Waals surface area contributed by atoms with Crippen molar-refractivity contribution in [2.75, 3.05) is 32.8 Å². The molecule has 29 heavy (non-hydrogen) atoms. The van der Waals surface area contributed by atoms with E-state index in [1.165, 1.54) is 16.7 Å². The average Bonchev–Trinajstić information content (AvgIpc) is 3.18. The van der Waals surface area contributed by atoms with Crippen LogP contribution in [-0.4, -0.2) is 38.3 Å². The summed E-state index contributed by atoms with van der Waals surface area (Å²) < 4.78 is 17.1. The van der Waals surface area contributed by atoms with Crippen LogP contribution in [0.3, 0.4) is 0 Å². The number of ether oxygens (including phenoxy) is 3. The van der Waals surface area contributed by atoms with Gasteiger partial charge in [0.1, 0.15) is 0 Å². The summed E-state index contributed by atoms with van der Waals surface area (Å²) in [6.07, 6.45) is 1.80. The fourth-order valence-corrected chi connectivity index (χ4v) is 4.02. The van der Waals surface area contributed by atoms with Crippen LogP contribution in [0.15, 0.2) is 30.3 Å². The van der Waals surface area contributed by atoms with Gasteiger partial charge < -0.3 is 19.5 Å². The highest BCUT2D eigenvalue weighted by Gasteiger charge is 2.33. The number of hydrogen-bond donors (Lipinski definition) is 1. The number of nitrogens with zero attached hydrogens (tertiary/aromatic N) is 1. The molecule has 0 spiro atoms. The van der Waals surface area contributed by atoms with Crippen LogP contribution in [0, 0.1) is 5.92 Å². The fraction of sp³-hybridized carbons (Fsp3) is 0.435. The zero-order chi connectivity index (χ0) is 20.5. The molecule has 2 aliphatic heterocycles. The van der Waals surface area contributed by atoms with Crippen molar-refractivity contribution < 1.29 is 19.0 Å². The molecule has 0 saturated carbocycles. The van der Waals surface area contributed by atoms with Gasteiger partial charge in [0.05, 0.1) is 7.11 Å². The van der Waals surface area contributed by atoms with Gasteiger partial charge in [0.15, 0.2) is 11.5 Å². The van der Waals surface area contributed by atoms with E-state index in [2.05, 4.69) is 35.5 Å².